The largest absolute Gasteiger partial charge is 0.373 e. The summed E-state index contributed by atoms with van der Waals surface area (Å²) in [5.41, 5.74) is -1.16. The summed E-state index contributed by atoms with van der Waals surface area (Å²) in [7, 11) is 0. The molecule has 0 radical (unpaired) electrons. The summed E-state index contributed by atoms with van der Waals surface area (Å²) in [6, 6.07) is 17.7. The molecule has 138 valence electrons. The van der Waals surface area contributed by atoms with Crippen molar-refractivity contribution in [1.82, 2.24) is 0 Å². The van der Waals surface area contributed by atoms with Crippen molar-refractivity contribution < 1.29 is 14.7 Å². The van der Waals surface area contributed by atoms with Crippen LogP contribution in [-0.4, -0.2) is 28.9 Å². The van der Waals surface area contributed by atoms with Gasteiger partial charge in [-0.2, -0.15) is 0 Å². The van der Waals surface area contributed by atoms with Gasteiger partial charge in [0.1, 0.15) is 0 Å². The molecule has 1 amide bonds. The van der Waals surface area contributed by atoms with Crippen LogP contribution in [-0.2, 0) is 16.0 Å². The van der Waals surface area contributed by atoms with Gasteiger partial charge in [0.2, 0.25) is 5.60 Å². The van der Waals surface area contributed by atoms with Crippen LogP contribution in [0.25, 0.3) is 10.8 Å². The molecule has 1 fully saturated rings. The van der Waals surface area contributed by atoms with E-state index in [2.05, 4.69) is 0 Å². The summed E-state index contributed by atoms with van der Waals surface area (Å²) in [6.07, 6.45) is 1.80. The van der Waals surface area contributed by atoms with Crippen LogP contribution in [0.3, 0.4) is 0 Å². The van der Waals surface area contributed by atoms with Crippen molar-refractivity contribution in [2.45, 2.75) is 31.3 Å². The van der Waals surface area contributed by atoms with Crippen LogP contribution in [0.4, 0.5) is 5.69 Å². The number of amides is 1. The number of aryl methyl sites for hydroxylation is 1. The van der Waals surface area contributed by atoms with Crippen molar-refractivity contribution in [3.63, 3.8) is 0 Å². The predicted octanol–water partition coefficient (Wildman–Crippen LogP) is 3.96. The molecule has 1 aliphatic rings. The van der Waals surface area contributed by atoms with Gasteiger partial charge >= 0.3 is 0 Å². The number of Topliss-reactive ketones (excluding diaryl/α,β-unsaturated/α-hetero) is 1. The molecule has 0 aliphatic carbocycles. The van der Waals surface area contributed by atoms with Gasteiger partial charge in [-0.1, -0.05) is 36.4 Å². The van der Waals surface area contributed by atoms with Gasteiger partial charge in [-0.3, -0.25) is 9.59 Å². The van der Waals surface area contributed by atoms with Crippen molar-refractivity contribution in [1.29, 1.82) is 0 Å². The zero-order valence-corrected chi connectivity index (χ0v) is 15.7. The van der Waals surface area contributed by atoms with Crippen LogP contribution in [0, 0.1) is 0 Å². The molecule has 5 heteroatoms. The molecule has 1 N–H and O–H groups in total. The first-order valence-corrected chi connectivity index (χ1v) is 10.0. The number of carbonyl (C=O) groups excluding carboxylic acids is 2. The maximum absolute atomic E-state index is 12.9. The van der Waals surface area contributed by atoms with Crippen LogP contribution in [0.5, 0.6) is 0 Å². The highest BCUT2D eigenvalue weighted by Gasteiger charge is 2.50. The SMILES string of the molecule is O=C(CCCc1cccs1)[C@@]1(O)CCN(c2ccc3ccccc3c2)C1=O. The highest BCUT2D eigenvalue weighted by atomic mass is 32.1. The van der Waals surface area contributed by atoms with E-state index in [9.17, 15) is 14.7 Å². The first kappa shape index (κ1) is 17.9. The Bertz CT molecular complexity index is 982. The zero-order chi connectivity index (χ0) is 18.9. The molecule has 2 aromatic carbocycles. The van der Waals surface area contributed by atoms with E-state index in [1.54, 1.807) is 11.3 Å². The average Bonchev–Trinajstić information content (AvgIpc) is 3.31. The standard InChI is InChI=1S/C22H21NO3S/c24-20(9-3-7-19-8-4-14-27-19)22(26)12-13-23(21(22)25)18-11-10-16-5-1-2-6-17(16)15-18/h1-2,4-6,8,10-11,14-15,26H,3,7,9,12-13H2/t22-/m0/s1. The molecule has 0 unspecified atom stereocenters. The lowest BCUT2D eigenvalue weighted by Gasteiger charge is -2.21. The Labute approximate surface area is 162 Å². The molecule has 1 saturated heterocycles. The fourth-order valence-corrected chi connectivity index (χ4v) is 4.39. The van der Waals surface area contributed by atoms with Gasteiger partial charge in [-0.25, -0.2) is 0 Å². The summed E-state index contributed by atoms with van der Waals surface area (Å²) < 4.78 is 0. The summed E-state index contributed by atoms with van der Waals surface area (Å²) >= 11 is 1.66. The predicted molar refractivity (Wildman–Crippen MR) is 108 cm³/mol. The van der Waals surface area contributed by atoms with Gasteiger partial charge in [-0.05, 0) is 47.2 Å². The maximum Gasteiger partial charge on any atom is 0.266 e. The number of benzene rings is 2. The monoisotopic (exact) mass is 379 g/mol. The number of fused-ring (bicyclic) bond motifs is 1. The fourth-order valence-electron chi connectivity index (χ4n) is 3.64. The second kappa shape index (κ2) is 7.25. The Morgan fingerprint density at radius 3 is 2.70 bits per heavy atom. The molecular weight excluding hydrogens is 358 g/mol. The maximum atomic E-state index is 12.9. The van der Waals surface area contributed by atoms with E-state index < -0.39 is 11.5 Å². The highest BCUT2D eigenvalue weighted by molar-refractivity contribution is 7.09. The molecule has 4 rings (SSSR count). The number of rotatable bonds is 6. The Kier molecular flexibility index (Phi) is 4.81. The molecule has 1 atom stereocenters. The number of hydrogen-bond acceptors (Lipinski definition) is 4. The Morgan fingerprint density at radius 2 is 1.93 bits per heavy atom. The van der Waals surface area contributed by atoms with E-state index in [-0.39, 0.29) is 18.6 Å². The third-order valence-corrected chi connectivity index (χ3v) is 6.15. The molecule has 27 heavy (non-hydrogen) atoms. The molecule has 3 aromatic rings. The molecule has 4 nitrogen and oxygen atoms in total. The number of thiophene rings is 1. The minimum absolute atomic E-state index is 0.149. The lowest BCUT2D eigenvalue weighted by Crippen LogP contribution is -2.46. The fraction of sp³-hybridized carbons (Fsp3) is 0.273. The van der Waals surface area contributed by atoms with Crippen molar-refractivity contribution >= 4 is 39.5 Å². The zero-order valence-electron chi connectivity index (χ0n) is 14.9. The molecule has 0 bridgehead atoms. The number of hydrogen-bond donors (Lipinski definition) is 1. The van der Waals surface area contributed by atoms with E-state index >= 15 is 0 Å². The second-order valence-electron chi connectivity index (χ2n) is 6.95. The summed E-state index contributed by atoms with van der Waals surface area (Å²) in [4.78, 5) is 28.2. The molecule has 1 aromatic heterocycles. The summed E-state index contributed by atoms with van der Waals surface area (Å²) in [5.74, 6) is -0.869. The number of nitrogens with zero attached hydrogens (tertiary/aromatic N) is 1. The van der Waals surface area contributed by atoms with Gasteiger partial charge in [0.25, 0.3) is 5.91 Å². The normalized spacial score (nSPS) is 19.7. The van der Waals surface area contributed by atoms with Crippen LogP contribution in [0.2, 0.25) is 0 Å². The first-order valence-electron chi connectivity index (χ1n) is 9.17. The third kappa shape index (κ3) is 3.40. The number of aliphatic hydroxyl groups is 1. The second-order valence-corrected chi connectivity index (χ2v) is 7.99. The topological polar surface area (TPSA) is 57.6 Å². The van der Waals surface area contributed by atoms with Crippen molar-refractivity contribution in [2.24, 2.45) is 0 Å². The Morgan fingerprint density at radius 1 is 1.11 bits per heavy atom. The Balaban J connectivity index is 1.46. The van der Waals surface area contributed by atoms with Crippen molar-refractivity contribution in [3.05, 3.63) is 64.9 Å². The van der Waals surface area contributed by atoms with Gasteiger partial charge < -0.3 is 10.0 Å². The van der Waals surface area contributed by atoms with E-state index in [1.165, 1.54) is 9.78 Å². The van der Waals surface area contributed by atoms with Gasteiger partial charge in [-0.15, -0.1) is 11.3 Å². The van der Waals surface area contributed by atoms with Gasteiger partial charge in [0.15, 0.2) is 5.78 Å². The van der Waals surface area contributed by atoms with Gasteiger partial charge in [0.05, 0.1) is 0 Å². The minimum atomic E-state index is -1.89. The number of ketones is 1. The van der Waals surface area contributed by atoms with Crippen LogP contribution in [0.1, 0.15) is 24.1 Å². The van der Waals surface area contributed by atoms with Crippen LogP contribution < -0.4 is 4.90 Å². The lowest BCUT2D eigenvalue weighted by molar-refractivity contribution is -0.147. The Hall–Kier alpha value is -2.50. The smallest absolute Gasteiger partial charge is 0.266 e. The lowest BCUT2D eigenvalue weighted by atomic mass is 9.93. The summed E-state index contributed by atoms with van der Waals surface area (Å²) in [6.45, 7) is 0.352. The highest BCUT2D eigenvalue weighted by Crippen LogP contribution is 2.32. The molecular formula is C22H21NO3S. The van der Waals surface area contributed by atoms with E-state index in [0.717, 1.165) is 22.9 Å². The van der Waals surface area contributed by atoms with E-state index in [1.807, 2.05) is 60.0 Å². The summed E-state index contributed by atoms with van der Waals surface area (Å²) in [5, 5.41) is 14.9. The van der Waals surface area contributed by atoms with E-state index in [4.69, 9.17) is 0 Å². The molecule has 0 spiro atoms. The third-order valence-electron chi connectivity index (χ3n) is 5.21. The molecule has 0 saturated carbocycles. The number of carbonyl (C=O) groups is 2. The van der Waals surface area contributed by atoms with Crippen LogP contribution >= 0.6 is 11.3 Å². The van der Waals surface area contributed by atoms with Crippen molar-refractivity contribution in [3.8, 4) is 0 Å². The van der Waals surface area contributed by atoms with Crippen molar-refractivity contribution in [2.75, 3.05) is 11.4 Å². The van der Waals surface area contributed by atoms with Gasteiger partial charge in [0, 0.05) is 30.0 Å². The molecule has 1 aliphatic heterocycles. The molecule has 2 heterocycles. The quantitative estimate of drug-likeness (QED) is 0.660. The first-order chi connectivity index (χ1) is 13.1. The minimum Gasteiger partial charge on any atom is -0.373 e. The van der Waals surface area contributed by atoms with Crippen LogP contribution in [0.15, 0.2) is 60.0 Å². The van der Waals surface area contributed by atoms with E-state index in [0.29, 0.717) is 13.0 Å². The number of anilines is 1. The average molecular weight is 379 g/mol.